The number of aromatic nitrogens is 1. The van der Waals surface area contributed by atoms with Gasteiger partial charge in [-0.2, -0.15) is 0 Å². The minimum atomic E-state index is 0.560. The van der Waals surface area contributed by atoms with E-state index in [2.05, 4.69) is 32.6 Å². The molecule has 0 unspecified atom stereocenters. The molecule has 0 amide bonds. The maximum Gasteiger partial charge on any atom is 0.238 e. The van der Waals surface area contributed by atoms with Crippen LogP contribution in [0, 0.1) is 0 Å². The molecule has 0 spiro atoms. The van der Waals surface area contributed by atoms with E-state index in [-0.39, 0.29) is 0 Å². The molecule has 0 radical (unpaired) electrons. The zero-order chi connectivity index (χ0) is 12.1. The van der Waals surface area contributed by atoms with Gasteiger partial charge in [-0.1, -0.05) is 0 Å². The fourth-order valence-electron chi connectivity index (χ4n) is 1.22. The molecule has 1 heterocycles. The number of hydrogen-bond acceptors (Lipinski definition) is 4. The largest absolute Gasteiger partial charge is 0.479 e. The highest BCUT2D eigenvalue weighted by molar-refractivity contribution is 9.10. The minimum absolute atomic E-state index is 0.560. The fourth-order valence-corrected chi connectivity index (χ4v) is 1.51. The number of anilines is 1. The Morgan fingerprint density at radius 3 is 2.88 bits per heavy atom. The van der Waals surface area contributed by atoms with Gasteiger partial charge >= 0.3 is 0 Å². The third-order valence-electron chi connectivity index (χ3n) is 2.01. The molecule has 0 saturated carbocycles. The molecule has 4 nitrogen and oxygen atoms in total. The predicted molar refractivity (Wildman–Crippen MR) is 70.2 cm³/mol. The number of allylic oxidation sites excluding steroid dienone is 1. The van der Waals surface area contributed by atoms with Gasteiger partial charge in [0.15, 0.2) is 0 Å². The molecule has 0 N–H and O–H groups in total. The summed E-state index contributed by atoms with van der Waals surface area (Å²) in [6, 6.07) is 3.78. The van der Waals surface area contributed by atoms with Crippen molar-refractivity contribution >= 4 is 28.3 Å². The lowest BCUT2D eigenvalue weighted by Crippen LogP contribution is -2.10. The Kier molecular flexibility index (Phi) is 4.49. The molecule has 1 aromatic heterocycles. The van der Waals surface area contributed by atoms with Crippen LogP contribution in [0.4, 0.5) is 5.69 Å². The van der Waals surface area contributed by atoms with Gasteiger partial charge < -0.3 is 9.64 Å². The van der Waals surface area contributed by atoms with E-state index in [1.165, 1.54) is 0 Å². The Morgan fingerprint density at radius 1 is 1.62 bits per heavy atom. The Hall–Kier alpha value is -1.36. The van der Waals surface area contributed by atoms with Crippen LogP contribution < -0.4 is 9.64 Å². The highest BCUT2D eigenvalue weighted by Gasteiger charge is 2.08. The van der Waals surface area contributed by atoms with E-state index < -0.39 is 0 Å². The molecule has 0 aliphatic rings. The molecule has 0 aliphatic heterocycles. The maximum atomic E-state index is 5.20. The highest BCUT2D eigenvalue weighted by Crippen LogP contribution is 2.27. The van der Waals surface area contributed by atoms with E-state index in [0.717, 1.165) is 16.0 Å². The Labute approximate surface area is 104 Å². The first-order chi connectivity index (χ1) is 7.58. The Bertz CT molecular complexity index is 418. The number of aliphatic imine (C=N–C) groups is 1. The molecule has 1 aromatic rings. The lowest BCUT2D eigenvalue weighted by Gasteiger charge is -2.17. The summed E-state index contributed by atoms with van der Waals surface area (Å²) in [5.41, 5.74) is 1.70. The van der Waals surface area contributed by atoms with Crippen LogP contribution in [0.1, 0.15) is 6.92 Å². The Balaban J connectivity index is 3.08. The first-order valence-corrected chi connectivity index (χ1v) is 5.46. The summed E-state index contributed by atoms with van der Waals surface area (Å²) in [5, 5.41) is 0. The summed E-state index contributed by atoms with van der Waals surface area (Å²) in [4.78, 5) is 9.94. The molecular formula is C11H14BrN3O. The van der Waals surface area contributed by atoms with E-state index in [1.54, 1.807) is 7.11 Å². The second-order valence-corrected chi connectivity index (χ2v) is 4.01. The van der Waals surface area contributed by atoms with Gasteiger partial charge in [0.25, 0.3) is 0 Å². The molecule has 1 rings (SSSR count). The first-order valence-electron chi connectivity index (χ1n) is 4.67. The van der Waals surface area contributed by atoms with Crippen molar-refractivity contribution in [3.05, 3.63) is 28.6 Å². The summed E-state index contributed by atoms with van der Waals surface area (Å²) in [6.45, 7) is 5.34. The van der Waals surface area contributed by atoms with Crippen LogP contribution in [0.3, 0.4) is 0 Å². The van der Waals surface area contributed by atoms with Crippen LogP contribution in [0.2, 0.25) is 0 Å². The third-order valence-corrected chi connectivity index (χ3v) is 2.45. The minimum Gasteiger partial charge on any atom is -0.479 e. The van der Waals surface area contributed by atoms with Crippen molar-refractivity contribution in [3.8, 4) is 5.88 Å². The first kappa shape index (κ1) is 12.7. The molecule has 86 valence electrons. The number of methoxy groups -OCH3 is 1. The zero-order valence-electron chi connectivity index (χ0n) is 9.57. The molecule has 16 heavy (non-hydrogen) atoms. The molecule has 0 aromatic carbocycles. The summed E-state index contributed by atoms with van der Waals surface area (Å²) in [6.07, 6.45) is 1.86. The summed E-state index contributed by atoms with van der Waals surface area (Å²) in [7, 11) is 3.50. The average Bonchev–Trinajstić information content (AvgIpc) is 2.28. The lowest BCUT2D eigenvalue weighted by molar-refractivity contribution is 0.398. The van der Waals surface area contributed by atoms with Crippen molar-refractivity contribution in [3.63, 3.8) is 0 Å². The maximum absolute atomic E-state index is 5.20. The number of rotatable bonds is 4. The van der Waals surface area contributed by atoms with Crippen molar-refractivity contribution < 1.29 is 4.74 Å². The number of nitrogens with zero attached hydrogens (tertiary/aromatic N) is 3. The van der Waals surface area contributed by atoms with Crippen LogP contribution in [0.25, 0.3) is 0 Å². The number of halogens is 1. The quantitative estimate of drug-likeness (QED) is 0.630. The van der Waals surface area contributed by atoms with Crippen molar-refractivity contribution in [1.82, 2.24) is 4.98 Å². The van der Waals surface area contributed by atoms with Gasteiger partial charge in [0.1, 0.15) is 10.3 Å². The van der Waals surface area contributed by atoms with Gasteiger partial charge in [-0.3, -0.25) is 4.99 Å². The summed E-state index contributed by atoms with van der Waals surface area (Å²) in [5.74, 6) is 0.560. The SMILES string of the molecule is C=NC(C)=CN(C)c1ccc(Br)nc1OC. The van der Waals surface area contributed by atoms with Crippen molar-refractivity contribution in [2.75, 3.05) is 19.1 Å². The molecule has 0 fully saturated rings. The predicted octanol–water partition coefficient (Wildman–Crippen LogP) is 2.85. The topological polar surface area (TPSA) is 37.7 Å². The van der Waals surface area contributed by atoms with Crippen molar-refractivity contribution in [1.29, 1.82) is 0 Å². The van der Waals surface area contributed by atoms with Gasteiger partial charge in [0, 0.05) is 13.2 Å². The van der Waals surface area contributed by atoms with Gasteiger partial charge in [0.05, 0.1) is 12.8 Å². The van der Waals surface area contributed by atoms with Gasteiger partial charge in [-0.25, -0.2) is 4.98 Å². The normalized spacial score (nSPS) is 11.1. The highest BCUT2D eigenvalue weighted by atomic mass is 79.9. The number of pyridine rings is 1. The molecule has 0 bridgehead atoms. The van der Waals surface area contributed by atoms with E-state index in [9.17, 15) is 0 Å². The standard InChI is InChI=1S/C11H14BrN3O/c1-8(13-2)7-15(3)9-5-6-10(12)14-11(9)16-4/h5-7H,2H2,1,3-4H3. The van der Waals surface area contributed by atoms with E-state index in [0.29, 0.717) is 5.88 Å². The van der Waals surface area contributed by atoms with Gasteiger partial charge in [-0.05, 0) is 41.7 Å². The van der Waals surface area contributed by atoms with Crippen molar-refractivity contribution in [2.45, 2.75) is 6.92 Å². The van der Waals surface area contributed by atoms with Crippen LogP contribution in [0.5, 0.6) is 5.88 Å². The zero-order valence-corrected chi connectivity index (χ0v) is 11.2. The molecule has 0 saturated heterocycles. The molecule has 5 heteroatoms. The van der Waals surface area contributed by atoms with Crippen LogP contribution in [0.15, 0.2) is 33.6 Å². The average molecular weight is 284 g/mol. The van der Waals surface area contributed by atoms with E-state index in [1.807, 2.05) is 37.2 Å². The van der Waals surface area contributed by atoms with Crippen LogP contribution in [-0.4, -0.2) is 25.9 Å². The number of hydrogen-bond donors (Lipinski definition) is 0. The second kappa shape index (κ2) is 5.65. The van der Waals surface area contributed by atoms with E-state index >= 15 is 0 Å². The monoisotopic (exact) mass is 283 g/mol. The van der Waals surface area contributed by atoms with Crippen LogP contribution in [-0.2, 0) is 0 Å². The lowest BCUT2D eigenvalue weighted by atomic mass is 10.3. The molecule has 0 aliphatic carbocycles. The van der Waals surface area contributed by atoms with E-state index in [4.69, 9.17) is 4.74 Å². The molecular weight excluding hydrogens is 270 g/mol. The summed E-state index contributed by atoms with van der Waals surface area (Å²) >= 11 is 3.30. The van der Waals surface area contributed by atoms with Crippen molar-refractivity contribution in [2.24, 2.45) is 4.99 Å². The summed E-state index contributed by atoms with van der Waals surface area (Å²) < 4.78 is 5.94. The fraction of sp³-hybridized carbons (Fsp3) is 0.273. The van der Waals surface area contributed by atoms with Gasteiger partial charge in [-0.15, -0.1) is 0 Å². The van der Waals surface area contributed by atoms with Gasteiger partial charge in [0.2, 0.25) is 5.88 Å². The smallest absolute Gasteiger partial charge is 0.238 e. The third kappa shape index (κ3) is 3.06. The number of ether oxygens (including phenoxy) is 1. The molecule has 0 atom stereocenters. The Morgan fingerprint density at radius 2 is 2.31 bits per heavy atom. The second-order valence-electron chi connectivity index (χ2n) is 3.20. The van der Waals surface area contributed by atoms with Crippen LogP contribution >= 0.6 is 15.9 Å².